The largest absolute Gasteiger partial charge is 0.389 e. The number of aliphatic hydroxyl groups excluding tert-OH is 2. The van der Waals surface area contributed by atoms with Gasteiger partial charge in [0, 0.05) is 23.8 Å². The highest BCUT2D eigenvalue weighted by Gasteiger charge is 2.23. The fourth-order valence-electron chi connectivity index (χ4n) is 2.23. The van der Waals surface area contributed by atoms with Gasteiger partial charge >= 0.3 is 0 Å². The molecule has 4 nitrogen and oxygen atoms in total. The summed E-state index contributed by atoms with van der Waals surface area (Å²) in [4.78, 5) is 22.2. The maximum Gasteiger partial charge on any atom is 0.185 e. The lowest BCUT2D eigenvalue weighted by atomic mass is 9.93. The Hall–Kier alpha value is -1.69. The Morgan fingerprint density at radius 2 is 1.95 bits per heavy atom. The molecule has 0 saturated carbocycles. The van der Waals surface area contributed by atoms with Crippen LogP contribution in [0.15, 0.2) is 36.4 Å². The van der Waals surface area contributed by atoms with Crippen LogP contribution < -0.4 is 0 Å². The smallest absolute Gasteiger partial charge is 0.185 e. The Labute approximate surface area is 126 Å². The van der Waals surface area contributed by atoms with Gasteiger partial charge in [-0.2, -0.15) is 0 Å². The zero-order valence-electron chi connectivity index (χ0n) is 11.5. The minimum absolute atomic E-state index is 0.0814. The number of aldehydes is 1. The molecule has 0 heterocycles. The number of hydrogen-bond acceptors (Lipinski definition) is 5. The molecule has 2 unspecified atom stereocenters. The van der Waals surface area contributed by atoms with Gasteiger partial charge < -0.3 is 10.2 Å². The van der Waals surface area contributed by atoms with E-state index >= 15 is 0 Å². The predicted octanol–water partition coefficient (Wildman–Crippen LogP) is 2.33. The zero-order valence-corrected chi connectivity index (χ0v) is 12.3. The average Bonchev–Trinajstić information content (AvgIpc) is 2.50. The molecule has 0 radical (unpaired) electrons. The van der Waals surface area contributed by atoms with E-state index < -0.39 is 12.2 Å². The minimum Gasteiger partial charge on any atom is -0.389 e. The number of rotatable bonds is 5. The second-order valence-corrected chi connectivity index (χ2v) is 5.92. The van der Waals surface area contributed by atoms with Crippen molar-refractivity contribution in [2.75, 3.05) is 5.75 Å². The molecule has 110 valence electrons. The molecule has 2 N–H and O–H groups in total. The number of aliphatic hydroxyl groups is 2. The number of thioether (sulfide) groups is 1. The van der Waals surface area contributed by atoms with Gasteiger partial charge in [0.2, 0.25) is 0 Å². The van der Waals surface area contributed by atoms with Gasteiger partial charge in [0.25, 0.3) is 0 Å². The van der Waals surface area contributed by atoms with E-state index in [0.717, 1.165) is 22.5 Å². The van der Waals surface area contributed by atoms with Crippen LogP contribution in [0.3, 0.4) is 0 Å². The monoisotopic (exact) mass is 304 g/mol. The van der Waals surface area contributed by atoms with Crippen LogP contribution in [0.2, 0.25) is 0 Å². The molecule has 0 amide bonds. The van der Waals surface area contributed by atoms with Gasteiger partial charge in [0.05, 0.1) is 6.10 Å². The molecule has 21 heavy (non-hydrogen) atoms. The van der Waals surface area contributed by atoms with Gasteiger partial charge in [-0.05, 0) is 10.8 Å². The first-order chi connectivity index (χ1) is 10.0. The molecule has 2 rings (SSSR count). The summed E-state index contributed by atoms with van der Waals surface area (Å²) >= 11 is 0.944. The number of fused-ring (bicyclic) bond motifs is 1. The van der Waals surface area contributed by atoms with Crippen molar-refractivity contribution in [3.05, 3.63) is 47.5 Å². The summed E-state index contributed by atoms with van der Waals surface area (Å²) in [5.41, 5.74) is 0.743. The van der Waals surface area contributed by atoms with E-state index in [1.807, 2.05) is 18.2 Å². The highest BCUT2D eigenvalue weighted by molar-refractivity contribution is 8.13. The molecule has 0 spiro atoms. The van der Waals surface area contributed by atoms with E-state index in [0.29, 0.717) is 17.4 Å². The Morgan fingerprint density at radius 3 is 2.62 bits per heavy atom. The lowest BCUT2D eigenvalue weighted by Crippen LogP contribution is -2.22. The fourth-order valence-corrected chi connectivity index (χ4v) is 2.82. The molecule has 0 aliphatic carbocycles. The van der Waals surface area contributed by atoms with Crippen molar-refractivity contribution >= 4 is 33.9 Å². The summed E-state index contributed by atoms with van der Waals surface area (Å²) in [7, 11) is 0. The summed E-state index contributed by atoms with van der Waals surface area (Å²) < 4.78 is 0. The Kier molecular flexibility index (Phi) is 5.12. The molecule has 2 aromatic carbocycles. The van der Waals surface area contributed by atoms with Gasteiger partial charge in [0.1, 0.15) is 12.4 Å². The van der Waals surface area contributed by atoms with Crippen molar-refractivity contribution in [2.24, 2.45) is 0 Å². The van der Waals surface area contributed by atoms with Crippen LogP contribution in [0.5, 0.6) is 0 Å². The molecule has 0 aliphatic heterocycles. The third-order valence-corrected chi connectivity index (χ3v) is 4.16. The Balaban J connectivity index is 2.43. The van der Waals surface area contributed by atoms with Crippen molar-refractivity contribution in [3.63, 3.8) is 0 Å². The van der Waals surface area contributed by atoms with Crippen molar-refractivity contribution in [1.82, 2.24) is 0 Å². The average molecular weight is 304 g/mol. The maximum absolute atomic E-state index is 11.2. The van der Waals surface area contributed by atoms with Crippen molar-refractivity contribution in [3.8, 4) is 0 Å². The summed E-state index contributed by atoms with van der Waals surface area (Å²) in [6, 6.07) is 10.8. The summed E-state index contributed by atoms with van der Waals surface area (Å²) in [5.74, 6) is 0.0814. The number of carbonyl (C=O) groups is 2. The maximum atomic E-state index is 11.2. The molecular formula is C16H16O4S. The van der Waals surface area contributed by atoms with E-state index in [4.69, 9.17) is 0 Å². The van der Waals surface area contributed by atoms with Crippen LogP contribution in [0.1, 0.15) is 28.9 Å². The van der Waals surface area contributed by atoms with E-state index in [1.54, 1.807) is 18.2 Å². The van der Waals surface area contributed by atoms with Crippen LogP contribution >= 0.6 is 11.8 Å². The first-order valence-corrected chi connectivity index (χ1v) is 7.49. The molecule has 0 fully saturated rings. The van der Waals surface area contributed by atoms with Crippen molar-refractivity contribution in [2.45, 2.75) is 19.1 Å². The number of hydrogen-bond donors (Lipinski definition) is 2. The van der Waals surface area contributed by atoms with Crippen molar-refractivity contribution < 1.29 is 19.8 Å². The van der Waals surface area contributed by atoms with Crippen LogP contribution in [0.25, 0.3) is 10.8 Å². The van der Waals surface area contributed by atoms with Crippen LogP contribution in [-0.4, -0.2) is 33.5 Å². The normalized spacial score (nSPS) is 13.9. The minimum atomic E-state index is -1.22. The van der Waals surface area contributed by atoms with Gasteiger partial charge in [0.15, 0.2) is 5.12 Å². The first kappa shape index (κ1) is 15.7. The summed E-state index contributed by atoms with van der Waals surface area (Å²) in [6.45, 7) is 1.40. The van der Waals surface area contributed by atoms with Gasteiger partial charge in [-0.15, -0.1) is 0 Å². The van der Waals surface area contributed by atoms with Gasteiger partial charge in [-0.3, -0.25) is 9.59 Å². The fraction of sp³-hybridized carbons (Fsp3) is 0.250. The number of carbonyl (C=O) groups excluding carboxylic acids is 2. The third kappa shape index (κ3) is 3.50. The molecule has 0 aliphatic rings. The van der Waals surface area contributed by atoms with E-state index in [1.165, 1.54) is 6.92 Å². The standard InChI is InChI=1S/C16H16O4S/c1-10(18)21-9-14(19)16(20)15-12(8-17)7-6-11-4-2-3-5-13(11)15/h2-8,14,16,19-20H,9H2,1H3. The lowest BCUT2D eigenvalue weighted by Gasteiger charge is -2.20. The van der Waals surface area contributed by atoms with Crippen LogP contribution in [0, 0.1) is 0 Å². The predicted molar refractivity (Wildman–Crippen MR) is 83.4 cm³/mol. The highest BCUT2D eigenvalue weighted by atomic mass is 32.2. The topological polar surface area (TPSA) is 74.6 Å². The quantitative estimate of drug-likeness (QED) is 0.829. The van der Waals surface area contributed by atoms with E-state index in [2.05, 4.69) is 0 Å². The number of benzene rings is 2. The van der Waals surface area contributed by atoms with Crippen LogP contribution in [0.4, 0.5) is 0 Å². The van der Waals surface area contributed by atoms with Crippen molar-refractivity contribution in [1.29, 1.82) is 0 Å². The molecule has 2 aromatic rings. The second kappa shape index (κ2) is 6.85. The molecule has 5 heteroatoms. The Bertz CT molecular complexity index is 668. The molecular weight excluding hydrogens is 288 g/mol. The molecule has 2 atom stereocenters. The van der Waals surface area contributed by atoms with E-state index in [9.17, 15) is 19.8 Å². The van der Waals surface area contributed by atoms with Crippen LogP contribution in [-0.2, 0) is 4.79 Å². The van der Waals surface area contributed by atoms with E-state index in [-0.39, 0.29) is 10.9 Å². The molecule has 0 bridgehead atoms. The van der Waals surface area contributed by atoms with Gasteiger partial charge in [-0.1, -0.05) is 48.2 Å². The highest BCUT2D eigenvalue weighted by Crippen LogP contribution is 2.30. The summed E-state index contributed by atoms with van der Waals surface area (Å²) in [6.07, 6.45) is -1.68. The zero-order chi connectivity index (χ0) is 15.4. The molecule has 0 saturated heterocycles. The van der Waals surface area contributed by atoms with Gasteiger partial charge in [-0.25, -0.2) is 0 Å². The molecule has 0 aromatic heterocycles. The first-order valence-electron chi connectivity index (χ1n) is 6.51. The SMILES string of the molecule is CC(=O)SCC(O)C(O)c1c(C=O)ccc2ccccc12. The Morgan fingerprint density at radius 1 is 1.24 bits per heavy atom. The lowest BCUT2D eigenvalue weighted by molar-refractivity contribution is -0.109. The summed E-state index contributed by atoms with van der Waals surface area (Å²) in [5, 5.41) is 21.9. The second-order valence-electron chi connectivity index (χ2n) is 4.72. The third-order valence-electron chi connectivity index (χ3n) is 3.25.